The number of nitrogens with zero attached hydrogens (tertiary/aromatic N) is 5. The van der Waals surface area contributed by atoms with E-state index in [9.17, 15) is 0 Å². The molecule has 0 fully saturated rings. The molecule has 6 nitrogen and oxygen atoms in total. The number of likely N-dealkylation sites (N-methyl/N-ethyl adjacent to an activating group) is 2. The molecule has 0 aliphatic heterocycles. The number of hydrogen-bond donors (Lipinski definition) is 1. The molecule has 2 heterocycles. The largest absolute Gasteiger partial charge is 0.372 e. The fourth-order valence-corrected chi connectivity index (χ4v) is 4.01. The van der Waals surface area contributed by atoms with E-state index in [4.69, 9.17) is 4.98 Å². The Balaban J connectivity index is 1.73. The van der Waals surface area contributed by atoms with Gasteiger partial charge in [0.05, 0.1) is 35.9 Å². The van der Waals surface area contributed by atoms with Crippen molar-refractivity contribution in [3.05, 3.63) is 65.5 Å². The van der Waals surface area contributed by atoms with Crippen molar-refractivity contribution in [1.82, 2.24) is 29.7 Å². The zero-order valence-electron chi connectivity index (χ0n) is 19.1. The van der Waals surface area contributed by atoms with Crippen molar-refractivity contribution < 1.29 is 0 Å². The molecule has 1 aliphatic rings. The molecule has 1 unspecified atom stereocenters. The van der Waals surface area contributed by atoms with Crippen LogP contribution in [0.5, 0.6) is 0 Å². The summed E-state index contributed by atoms with van der Waals surface area (Å²) in [5.74, 6) is 0.989. The number of aromatic amines is 1. The number of nitrogens with one attached hydrogen (secondary N) is 1. The highest BCUT2D eigenvalue weighted by Gasteiger charge is 2.25. The van der Waals surface area contributed by atoms with Crippen molar-refractivity contribution in [1.29, 1.82) is 0 Å². The number of H-pyrrole nitrogens is 1. The van der Waals surface area contributed by atoms with Crippen LogP contribution < -0.4 is 0 Å². The van der Waals surface area contributed by atoms with Crippen LogP contribution in [0.2, 0.25) is 0 Å². The summed E-state index contributed by atoms with van der Waals surface area (Å²) in [6.45, 7) is 4.77. The summed E-state index contributed by atoms with van der Waals surface area (Å²) in [7, 11) is 8.52. The summed E-state index contributed by atoms with van der Waals surface area (Å²) in [4.78, 5) is 19.8. The van der Waals surface area contributed by atoms with Crippen LogP contribution >= 0.6 is 0 Å². The Morgan fingerprint density at radius 1 is 1.20 bits per heavy atom. The lowest BCUT2D eigenvalue weighted by Crippen LogP contribution is -2.29. The number of imidazole rings is 1. The standard InChI is InChI=1S/C24H36N6/c1-6-7-12-21(29(4)16-15-28(2)3)20-17-26-23(27-20)18-30(5)22-13-8-10-19-11-9-14-25-24(19)22/h6-7,9,11-12,14,17,22H,8,10,13,15-16,18H2,1-5H3,(H,26,27)/b7-6-,21-12+. The van der Waals surface area contributed by atoms with E-state index in [0.717, 1.165) is 49.7 Å². The molecule has 0 bridgehead atoms. The normalized spacial score (nSPS) is 17.2. The van der Waals surface area contributed by atoms with E-state index in [2.05, 4.69) is 77.2 Å². The van der Waals surface area contributed by atoms with Crippen LogP contribution in [0.1, 0.15) is 48.6 Å². The van der Waals surface area contributed by atoms with Crippen LogP contribution in [0.25, 0.3) is 5.70 Å². The molecule has 0 amide bonds. The van der Waals surface area contributed by atoms with E-state index in [0.29, 0.717) is 6.04 Å². The van der Waals surface area contributed by atoms with Crippen molar-refractivity contribution in [3.8, 4) is 0 Å². The second kappa shape index (κ2) is 10.5. The average molecular weight is 409 g/mol. The molecule has 1 aliphatic carbocycles. The highest BCUT2D eigenvalue weighted by Crippen LogP contribution is 2.32. The lowest BCUT2D eigenvalue weighted by Gasteiger charge is -2.31. The Morgan fingerprint density at radius 3 is 2.80 bits per heavy atom. The van der Waals surface area contributed by atoms with Gasteiger partial charge in [-0.05, 0) is 65.0 Å². The van der Waals surface area contributed by atoms with E-state index in [1.165, 1.54) is 17.7 Å². The summed E-state index contributed by atoms with van der Waals surface area (Å²) in [6.07, 6.45) is 13.7. The molecule has 30 heavy (non-hydrogen) atoms. The molecular formula is C24H36N6. The van der Waals surface area contributed by atoms with Gasteiger partial charge in [-0.25, -0.2) is 4.98 Å². The maximum absolute atomic E-state index is 4.69. The van der Waals surface area contributed by atoms with Gasteiger partial charge in [0.1, 0.15) is 5.82 Å². The van der Waals surface area contributed by atoms with Gasteiger partial charge in [0.2, 0.25) is 0 Å². The van der Waals surface area contributed by atoms with Gasteiger partial charge in [0.15, 0.2) is 0 Å². The van der Waals surface area contributed by atoms with Gasteiger partial charge < -0.3 is 14.8 Å². The van der Waals surface area contributed by atoms with Gasteiger partial charge in [-0.2, -0.15) is 0 Å². The minimum atomic E-state index is 0.351. The first kappa shape index (κ1) is 22.2. The first-order valence-electron chi connectivity index (χ1n) is 10.9. The van der Waals surface area contributed by atoms with E-state index in [-0.39, 0.29) is 0 Å². The highest BCUT2D eigenvalue weighted by molar-refractivity contribution is 5.62. The number of hydrogen-bond acceptors (Lipinski definition) is 5. The predicted molar refractivity (Wildman–Crippen MR) is 124 cm³/mol. The summed E-state index contributed by atoms with van der Waals surface area (Å²) >= 11 is 0. The second-order valence-electron chi connectivity index (χ2n) is 8.42. The number of fused-ring (bicyclic) bond motifs is 1. The topological polar surface area (TPSA) is 51.3 Å². The third kappa shape index (κ3) is 5.58. The Kier molecular flexibility index (Phi) is 7.82. The molecule has 3 rings (SSSR count). The SMILES string of the molecule is C/C=C\C=C(/c1cnc(CN(C)C2CCCc3cccnc32)[nH]1)N(C)CCN(C)C. The Hall–Kier alpha value is -2.44. The minimum absolute atomic E-state index is 0.351. The van der Waals surface area contributed by atoms with Gasteiger partial charge in [-0.1, -0.05) is 18.2 Å². The Morgan fingerprint density at radius 2 is 2.03 bits per heavy atom. The first-order chi connectivity index (χ1) is 14.5. The van der Waals surface area contributed by atoms with Crippen LogP contribution in [-0.2, 0) is 13.0 Å². The van der Waals surface area contributed by atoms with E-state index in [1.54, 1.807) is 0 Å². The molecule has 1 atom stereocenters. The number of rotatable bonds is 9. The highest BCUT2D eigenvalue weighted by atomic mass is 15.2. The number of pyridine rings is 1. The van der Waals surface area contributed by atoms with Crippen LogP contribution in [0.3, 0.4) is 0 Å². The van der Waals surface area contributed by atoms with Crippen molar-refractivity contribution in [2.45, 2.75) is 38.8 Å². The van der Waals surface area contributed by atoms with Crippen molar-refractivity contribution >= 4 is 5.70 Å². The molecule has 6 heteroatoms. The van der Waals surface area contributed by atoms with E-state index in [1.807, 2.05) is 25.4 Å². The predicted octanol–water partition coefficient (Wildman–Crippen LogP) is 3.72. The van der Waals surface area contributed by atoms with Gasteiger partial charge in [-0.15, -0.1) is 0 Å². The van der Waals surface area contributed by atoms with Crippen LogP contribution in [0.4, 0.5) is 0 Å². The maximum Gasteiger partial charge on any atom is 0.120 e. The summed E-state index contributed by atoms with van der Waals surface area (Å²) in [5, 5.41) is 0. The van der Waals surface area contributed by atoms with Crippen LogP contribution in [0.15, 0.2) is 42.8 Å². The smallest absolute Gasteiger partial charge is 0.120 e. The van der Waals surface area contributed by atoms with E-state index < -0.39 is 0 Å². The summed E-state index contributed by atoms with van der Waals surface area (Å²) < 4.78 is 0. The van der Waals surface area contributed by atoms with Crippen molar-refractivity contribution in [2.24, 2.45) is 0 Å². The lowest BCUT2D eigenvalue weighted by molar-refractivity contribution is 0.204. The third-order valence-corrected chi connectivity index (χ3v) is 5.74. The fraction of sp³-hybridized carbons (Fsp3) is 0.500. The van der Waals surface area contributed by atoms with Crippen molar-refractivity contribution in [2.75, 3.05) is 41.3 Å². The first-order valence-corrected chi connectivity index (χ1v) is 10.9. The zero-order chi connectivity index (χ0) is 21.5. The molecule has 1 N–H and O–H groups in total. The molecule has 0 saturated carbocycles. The number of allylic oxidation sites excluding steroid dienone is 3. The molecule has 2 aromatic rings. The Bertz CT molecular complexity index is 866. The van der Waals surface area contributed by atoms with E-state index >= 15 is 0 Å². The molecule has 162 valence electrons. The third-order valence-electron chi connectivity index (χ3n) is 5.74. The summed E-state index contributed by atoms with van der Waals surface area (Å²) in [5.41, 5.74) is 4.83. The van der Waals surface area contributed by atoms with Crippen molar-refractivity contribution in [3.63, 3.8) is 0 Å². The molecule has 0 spiro atoms. The average Bonchev–Trinajstić information content (AvgIpc) is 3.20. The fourth-order valence-electron chi connectivity index (χ4n) is 4.01. The maximum atomic E-state index is 4.69. The second-order valence-corrected chi connectivity index (χ2v) is 8.42. The number of aryl methyl sites for hydroxylation is 1. The molecule has 2 aromatic heterocycles. The molecular weight excluding hydrogens is 372 g/mol. The van der Waals surface area contributed by atoms with Gasteiger partial charge in [0.25, 0.3) is 0 Å². The summed E-state index contributed by atoms with van der Waals surface area (Å²) in [6, 6.07) is 4.62. The minimum Gasteiger partial charge on any atom is -0.372 e. The van der Waals surface area contributed by atoms with Crippen LogP contribution in [-0.4, -0.2) is 70.9 Å². The Labute approximate surface area is 181 Å². The monoisotopic (exact) mass is 408 g/mol. The molecule has 0 radical (unpaired) electrons. The molecule has 0 saturated heterocycles. The van der Waals surface area contributed by atoms with Crippen LogP contribution in [0, 0.1) is 0 Å². The van der Waals surface area contributed by atoms with Gasteiger partial charge >= 0.3 is 0 Å². The van der Waals surface area contributed by atoms with Gasteiger partial charge in [0, 0.05) is 26.3 Å². The number of aromatic nitrogens is 3. The molecule has 0 aromatic carbocycles. The zero-order valence-corrected chi connectivity index (χ0v) is 19.1. The lowest BCUT2D eigenvalue weighted by atomic mass is 9.91. The van der Waals surface area contributed by atoms with Gasteiger partial charge in [-0.3, -0.25) is 9.88 Å². The quantitative estimate of drug-likeness (QED) is 0.641.